The van der Waals surface area contributed by atoms with Crippen molar-refractivity contribution >= 4 is 40.1 Å². The van der Waals surface area contributed by atoms with Crippen LogP contribution in [0.4, 0.5) is 11.6 Å². The quantitative estimate of drug-likeness (QED) is 0.792. The van der Waals surface area contributed by atoms with Gasteiger partial charge in [-0.3, -0.25) is 4.79 Å². The molecule has 0 saturated carbocycles. The van der Waals surface area contributed by atoms with E-state index >= 15 is 0 Å². The minimum Gasteiger partial charge on any atom is -0.356 e. The number of nitrogens with zero attached hydrogens (tertiary/aromatic N) is 3. The van der Waals surface area contributed by atoms with E-state index in [4.69, 9.17) is 0 Å². The highest BCUT2D eigenvalue weighted by molar-refractivity contribution is 14.1. The second-order valence-corrected chi connectivity index (χ2v) is 6.52. The fourth-order valence-electron chi connectivity index (χ4n) is 2.50. The first kappa shape index (κ1) is 15.2. The molecular formula is C16H17IN4O. The Morgan fingerprint density at radius 2 is 1.82 bits per heavy atom. The number of halogens is 1. The van der Waals surface area contributed by atoms with Gasteiger partial charge in [0.25, 0.3) is 5.91 Å². The zero-order valence-corrected chi connectivity index (χ0v) is 14.3. The Labute approximate surface area is 143 Å². The molecule has 1 aromatic carbocycles. The molecule has 0 atom stereocenters. The Kier molecular flexibility index (Phi) is 4.87. The van der Waals surface area contributed by atoms with Gasteiger partial charge in [0.1, 0.15) is 18.0 Å². The van der Waals surface area contributed by atoms with Gasteiger partial charge in [0.15, 0.2) is 0 Å². The van der Waals surface area contributed by atoms with Crippen LogP contribution < -0.4 is 10.2 Å². The van der Waals surface area contributed by atoms with E-state index in [0.717, 1.165) is 22.5 Å². The van der Waals surface area contributed by atoms with Gasteiger partial charge in [-0.2, -0.15) is 0 Å². The van der Waals surface area contributed by atoms with Crippen LogP contribution in [0.25, 0.3) is 0 Å². The zero-order chi connectivity index (χ0) is 15.4. The number of benzene rings is 1. The summed E-state index contributed by atoms with van der Waals surface area (Å²) in [6.45, 7) is 2.03. The normalized spacial score (nSPS) is 14.7. The molecule has 1 aliphatic rings. The van der Waals surface area contributed by atoms with Crippen LogP contribution in [-0.2, 0) is 0 Å². The summed E-state index contributed by atoms with van der Waals surface area (Å²) in [6.07, 6.45) is 5.16. The predicted molar refractivity (Wildman–Crippen MR) is 95.2 cm³/mol. The second kappa shape index (κ2) is 7.04. The van der Waals surface area contributed by atoms with Crippen LogP contribution in [0.5, 0.6) is 0 Å². The number of piperidine rings is 1. The minimum atomic E-state index is -0.153. The molecule has 3 rings (SSSR count). The molecular weight excluding hydrogens is 391 g/mol. The molecule has 114 valence electrons. The fraction of sp³-hybridized carbons (Fsp3) is 0.312. The van der Waals surface area contributed by atoms with Gasteiger partial charge in [-0.05, 0) is 66.1 Å². The molecule has 1 saturated heterocycles. The number of hydrogen-bond acceptors (Lipinski definition) is 4. The van der Waals surface area contributed by atoms with Crippen LogP contribution in [0.15, 0.2) is 36.7 Å². The van der Waals surface area contributed by atoms with Gasteiger partial charge in [0.2, 0.25) is 0 Å². The number of amides is 1. The third-order valence-corrected chi connectivity index (χ3v) is 4.40. The lowest BCUT2D eigenvalue weighted by Crippen LogP contribution is -2.30. The second-order valence-electron chi connectivity index (χ2n) is 5.27. The van der Waals surface area contributed by atoms with Gasteiger partial charge in [0, 0.05) is 28.3 Å². The molecule has 2 heterocycles. The Bertz CT molecular complexity index is 653. The van der Waals surface area contributed by atoms with Crippen LogP contribution >= 0.6 is 22.6 Å². The smallest absolute Gasteiger partial charge is 0.256 e. The molecule has 0 unspecified atom stereocenters. The van der Waals surface area contributed by atoms with E-state index in [9.17, 15) is 4.79 Å². The zero-order valence-electron chi connectivity index (χ0n) is 12.1. The molecule has 1 N–H and O–H groups in total. The fourth-order valence-corrected chi connectivity index (χ4v) is 2.86. The predicted octanol–water partition coefficient (Wildman–Crippen LogP) is 3.32. The van der Waals surface area contributed by atoms with Crippen molar-refractivity contribution in [1.29, 1.82) is 0 Å². The number of aromatic nitrogens is 2. The summed E-state index contributed by atoms with van der Waals surface area (Å²) in [5.74, 6) is 1.27. The molecule has 5 nitrogen and oxygen atoms in total. The number of anilines is 2. The van der Waals surface area contributed by atoms with Crippen LogP contribution in [-0.4, -0.2) is 29.0 Å². The molecule has 0 aliphatic carbocycles. The SMILES string of the molecule is O=C(Nc1cc(N2CCCCC2)ncn1)c1ccc(I)cc1. The monoisotopic (exact) mass is 408 g/mol. The number of hydrogen-bond donors (Lipinski definition) is 1. The average Bonchev–Trinajstić information content (AvgIpc) is 2.56. The molecule has 1 aliphatic heterocycles. The van der Waals surface area contributed by atoms with Gasteiger partial charge >= 0.3 is 0 Å². The van der Waals surface area contributed by atoms with E-state index in [-0.39, 0.29) is 5.91 Å². The van der Waals surface area contributed by atoms with E-state index in [2.05, 4.69) is 42.8 Å². The van der Waals surface area contributed by atoms with Gasteiger partial charge < -0.3 is 10.2 Å². The van der Waals surface area contributed by atoms with Crippen molar-refractivity contribution in [2.75, 3.05) is 23.3 Å². The van der Waals surface area contributed by atoms with E-state index in [1.54, 1.807) is 0 Å². The van der Waals surface area contributed by atoms with Crippen molar-refractivity contribution in [3.05, 3.63) is 45.8 Å². The van der Waals surface area contributed by atoms with Gasteiger partial charge in [-0.15, -0.1) is 0 Å². The highest BCUT2D eigenvalue weighted by Gasteiger charge is 2.13. The van der Waals surface area contributed by atoms with Crippen molar-refractivity contribution < 1.29 is 4.79 Å². The van der Waals surface area contributed by atoms with Gasteiger partial charge in [-0.25, -0.2) is 9.97 Å². The summed E-state index contributed by atoms with van der Waals surface area (Å²) in [4.78, 5) is 22.9. The van der Waals surface area contributed by atoms with Crippen molar-refractivity contribution in [1.82, 2.24) is 9.97 Å². The molecule has 0 spiro atoms. The highest BCUT2D eigenvalue weighted by atomic mass is 127. The van der Waals surface area contributed by atoms with E-state index in [1.165, 1.54) is 25.6 Å². The Morgan fingerprint density at radius 1 is 1.09 bits per heavy atom. The number of nitrogens with one attached hydrogen (secondary N) is 1. The number of carbonyl (C=O) groups is 1. The first-order valence-electron chi connectivity index (χ1n) is 7.36. The first-order valence-corrected chi connectivity index (χ1v) is 8.44. The highest BCUT2D eigenvalue weighted by Crippen LogP contribution is 2.19. The van der Waals surface area contributed by atoms with E-state index in [0.29, 0.717) is 11.4 Å². The molecule has 1 fully saturated rings. The first-order chi connectivity index (χ1) is 10.7. The lowest BCUT2D eigenvalue weighted by molar-refractivity contribution is 0.102. The summed E-state index contributed by atoms with van der Waals surface area (Å²) in [5.41, 5.74) is 0.624. The molecule has 0 bridgehead atoms. The maximum Gasteiger partial charge on any atom is 0.256 e. The van der Waals surface area contributed by atoms with Crippen LogP contribution in [0.3, 0.4) is 0 Å². The maximum absolute atomic E-state index is 12.2. The maximum atomic E-state index is 12.2. The van der Waals surface area contributed by atoms with Crippen LogP contribution in [0.1, 0.15) is 29.6 Å². The average molecular weight is 408 g/mol. The molecule has 1 aromatic heterocycles. The van der Waals surface area contributed by atoms with Gasteiger partial charge in [-0.1, -0.05) is 0 Å². The molecule has 0 radical (unpaired) electrons. The summed E-state index contributed by atoms with van der Waals surface area (Å²) >= 11 is 2.21. The third kappa shape index (κ3) is 3.73. The molecule has 1 amide bonds. The lowest BCUT2D eigenvalue weighted by Gasteiger charge is -2.27. The van der Waals surface area contributed by atoms with Crippen LogP contribution in [0, 0.1) is 3.57 Å². The van der Waals surface area contributed by atoms with E-state index < -0.39 is 0 Å². The minimum absolute atomic E-state index is 0.153. The summed E-state index contributed by atoms with van der Waals surface area (Å²) in [6, 6.07) is 9.28. The largest absolute Gasteiger partial charge is 0.356 e. The Morgan fingerprint density at radius 3 is 2.55 bits per heavy atom. The molecule has 6 heteroatoms. The third-order valence-electron chi connectivity index (χ3n) is 3.68. The molecule has 22 heavy (non-hydrogen) atoms. The topological polar surface area (TPSA) is 58.1 Å². The molecule has 2 aromatic rings. The Hall–Kier alpha value is -1.70. The van der Waals surface area contributed by atoms with Crippen molar-refractivity contribution in [2.24, 2.45) is 0 Å². The van der Waals surface area contributed by atoms with Crippen molar-refractivity contribution in [3.63, 3.8) is 0 Å². The lowest BCUT2D eigenvalue weighted by atomic mass is 10.1. The van der Waals surface area contributed by atoms with Gasteiger partial charge in [0.05, 0.1) is 0 Å². The Balaban J connectivity index is 1.72. The van der Waals surface area contributed by atoms with Crippen molar-refractivity contribution in [2.45, 2.75) is 19.3 Å². The van der Waals surface area contributed by atoms with E-state index in [1.807, 2.05) is 30.3 Å². The van der Waals surface area contributed by atoms with Crippen molar-refractivity contribution in [3.8, 4) is 0 Å². The summed E-state index contributed by atoms with van der Waals surface area (Å²) < 4.78 is 1.10. The summed E-state index contributed by atoms with van der Waals surface area (Å²) in [5, 5.41) is 2.84. The van der Waals surface area contributed by atoms with Crippen LogP contribution in [0.2, 0.25) is 0 Å². The summed E-state index contributed by atoms with van der Waals surface area (Å²) in [7, 11) is 0. The number of carbonyl (C=O) groups excluding carboxylic acids is 1. The number of rotatable bonds is 3. The standard InChI is InChI=1S/C16H17IN4O/c17-13-6-4-12(5-7-13)16(22)20-14-10-15(19-11-18-14)21-8-2-1-3-9-21/h4-7,10-11H,1-3,8-9H2,(H,18,19,20,22).